The molecule has 0 saturated heterocycles. The van der Waals surface area contributed by atoms with Gasteiger partial charge in [-0.1, -0.05) is 50.2 Å². The average Bonchev–Trinajstić information content (AvgIpc) is 3.17. The van der Waals surface area contributed by atoms with E-state index in [1.54, 1.807) is 0 Å². The minimum absolute atomic E-state index is 0.259. The quantitative estimate of drug-likeness (QED) is 0.710. The predicted molar refractivity (Wildman–Crippen MR) is 94.5 cm³/mol. The number of fused-ring (bicyclic) bond motifs is 3. The monoisotopic (exact) mass is 313 g/mol. The van der Waals surface area contributed by atoms with E-state index in [9.17, 15) is 0 Å². The van der Waals surface area contributed by atoms with Crippen LogP contribution in [-0.4, -0.2) is 9.55 Å². The maximum absolute atomic E-state index is 9.12. The van der Waals surface area contributed by atoms with Gasteiger partial charge in [-0.15, -0.1) is 0 Å². The van der Waals surface area contributed by atoms with E-state index in [4.69, 9.17) is 5.26 Å². The number of aromatic nitrogens is 2. The highest BCUT2D eigenvalue weighted by molar-refractivity contribution is 5.71. The van der Waals surface area contributed by atoms with Crippen molar-refractivity contribution in [2.24, 2.45) is 5.92 Å². The van der Waals surface area contributed by atoms with Crippen molar-refractivity contribution in [2.75, 3.05) is 0 Å². The van der Waals surface area contributed by atoms with Gasteiger partial charge in [0.15, 0.2) is 0 Å². The summed E-state index contributed by atoms with van der Waals surface area (Å²) in [6, 6.07) is 18.8. The minimum Gasteiger partial charge on any atom is -0.317 e. The van der Waals surface area contributed by atoms with E-state index >= 15 is 0 Å². The van der Waals surface area contributed by atoms with Gasteiger partial charge in [0.25, 0.3) is 0 Å². The number of benzene rings is 2. The first-order chi connectivity index (χ1) is 11.7. The predicted octanol–water partition coefficient (Wildman–Crippen LogP) is 4.57. The first kappa shape index (κ1) is 14.7. The molecule has 0 fully saturated rings. The number of hydrogen-bond acceptors (Lipinski definition) is 2. The van der Waals surface area contributed by atoms with Crippen LogP contribution in [0.1, 0.15) is 37.0 Å². The van der Waals surface area contributed by atoms with E-state index in [-0.39, 0.29) is 5.54 Å². The second kappa shape index (κ2) is 5.35. The molecule has 0 amide bonds. The Balaban J connectivity index is 2.03. The molecule has 3 nitrogen and oxygen atoms in total. The van der Waals surface area contributed by atoms with Crippen molar-refractivity contribution < 1.29 is 0 Å². The van der Waals surface area contributed by atoms with Crippen molar-refractivity contribution in [2.45, 2.75) is 25.8 Å². The van der Waals surface area contributed by atoms with Gasteiger partial charge in [0, 0.05) is 18.0 Å². The Bertz CT molecular complexity index is 928. The Morgan fingerprint density at radius 3 is 2.58 bits per heavy atom. The van der Waals surface area contributed by atoms with Crippen LogP contribution in [0, 0.1) is 17.2 Å². The number of hydrogen-bond donors (Lipinski definition) is 0. The summed E-state index contributed by atoms with van der Waals surface area (Å²) in [6.45, 7) is 4.51. The molecule has 1 unspecified atom stereocenters. The molecule has 1 aliphatic heterocycles. The largest absolute Gasteiger partial charge is 0.317 e. The summed E-state index contributed by atoms with van der Waals surface area (Å²) in [5.74, 6) is 1.54. The van der Waals surface area contributed by atoms with Crippen LogP contribution in [0.5, 0.6) is 0 Å². The highest BCUT2D eigenvalue weighted by atomic mass is 15.2. The molecule has 3 aromatic rings. The SMILES string of the molecule is CC(C)CC1(c2ccc(C#N)cc2)c2ccccc2-c2nccn21. The lowest BCUT2D eigenvalue weighted by atomic mass is 9.77. The van der Waals surface area contributed by atoms with E-state index in [1.807, 2.05) is 18.3 Å². The minimum atomic E-state index is -0.259. The Hall–Kier alpha value is -2.86. The second-order valence-corrected chi connectivity index (χ2v) is 6.81. The standard InChI is InChI=1S/C21H19N3/c1-15(2)13-21(17-9-7-16(14-22)8-10-17)19-6-4-3-5-18(19)20-23-11-12-24(20)21/h3-12,15H,13H2,1-2H3. The zero-order valence-corrected chi connectivity index (χ0v) is 13.9. The summed E-state index contributed by atoms with van der Waals surface area (Å²) in [5, 5.41) is 9.12. The van der Waals surface area contributed by atoms with Crippen molar-refractivity contribution >= 4 is 0 Å². The van der Waals surface area contributed by atoms with Crippen molar-refractivity contribution in [1.29, 1.82) is 5.26 Å². The Labute approximate surface area is 142 Å². The molecule has 1 aliphatic rings. The molecule has 1 aromatic heterocycles. The van der Waals surface area contributed by atoms with Crippen LogP contribution in [0.2, 0.25) is 0 Å². The van der Waals surface area contributed by atoms with Gasteiger partial charge in [-0.3, -0.25) is 0 Å². The van der Waals surface area contributed by atoms with Gasteiger partial charge >= 0.3 is 0 Å². The molecule has 2 aromatic carbocycles. The Morgan fingerprint density at radius 1 is 1.12 bits per heavy atom. The van der Waals surface area contributed by atoms with Crippen molar-refractivity contribution in [1.82, 2.24) is 9.55 Å². The smallest absolute Gasteiger partial charge is 0.141 e. The summed E-state index contributed by atoms with van der Waals surface area (Å²) in [7, 11) is 0. The molecule has 118 valence electrons. The average molecular weight is 313 g/mol. The lowest BCUT2D eigenvalue weighted by Gasteiger charge is -2.35. The molecule has 1 atom stereocenters. The molecule has 2 heterocycles. The molecule has 0 N–H and O–H groups in total. The third-order valence-corrected chi connectivity index (χ3v) is 4.86. The fourth-order valence-electron chi connectivity index (χ4n) is 4.01. The molecule has 0 bridgehead atoms. The van der Waals surface area contributed by atoms with E-state index in [1.165, 1.54) is 16.7 Å². The summed E-state index contributed by atoms with van der Waals surface area (Å²) in [6.07, 6.45) is 4.94. The van der Waals surface area contributed by atoms with Crippen molar-refractivity contribution in [3.63, 3.8) is 0 Å². The third kappa shape index (κ3) is 1.93. The van der Waals surface area contributed by atoms with Gasteiger partial charge in [0.05, 0.1) is 17.2 Å². The molecular formula is C21H19N3. The molecule has 0 radical (unpaired) electrons. The maximum Gasteiger partial charge on any atom is 0.141 e. The normalized spacial score (nSPS) is 18.2. The lowest BCUT2D eigenvalue weighted by Crippen LogP contribution is -2.34. The van der Waals surface area contributed by atoms with Gasteiger partial charge in [-0.25, -0.2) is 4.98 Å². The molecular weight excluding hydrogens is 294 g/mol. The van der Waals surface area contributed by atoms with Crippen LogP contribution in [0.4, 0.5) is 0 Å². The highest BCUT2D eigenvalue weighted by Crippen LogP contribution is 2.50. The van der Waals surface area contributed by atoms with Crippen LogP contribution in [-0.2, 0) is 5.54 Å². The van der Waals surface area contributed by atoms with Crippen LogP contribution in [0.25, 0.3) is 11.4 Å². The number of imidazole rings is 1. The van der Waals surface area contributed by atoms with E-state index in [2.05, 4.69) is 72.1 Å². The summed E-state index contributed by atoms with van der Waals surface area (Å²) in [4.78, 5) is 4.61. The van der Waals surface area contributed by atoms with E-state index < -0.39 is 0 Å². The number of rotatable bonds is 3. The third-order valence-electron chi connectivity index (χ3n) is 4.86. The van der Waals surface area contributed by atoms with Gasteiger partial charge in [0.2, 0.25) is 0 Å². The van der Waals surface area contributed by atoms with E-state index in [0.717, 1.165) is 12.2 Å². The van der Waals surface area contributed by atoms with Gasteiger partial charge in [-0.05, 0) is 35.6 Å². The number of nitriles is 1. The zero-order chi connectivity index (χ0) is 16.7. The molecule has 0 aliphatic carbocycles. The molecule has 24 heavy (non-hydrogen) atoms. The van der Waals surface area contributed by atoms with Crippen LogP contribution >= 0.6 is 0 Å². The summed E-state index contributed by atoms with van der Waals surface area (Å²) < 4.78 is 2.30. The zero-order valence-electron chi connectivity index (χ0n) is 13.9. The summed E-state index contributed by atoms with van der Waals surface area (Å²) in [5.41, 5.74) is 4.14. The lowest BCUT2D eigenvalue weighted by molar-refractivity contribution is 0.358. The molecule has 0 saturated carbocycles. The first-order valence-electron chi connectivity index (χ1n) is 8.31. The Kier molecular flexibility index (Phi) is 3.28. The van der Waals surface area contributed by atoms with Crippen molar-refractivity contribution in [3.8, 4) is 17.5 Å². The fourth-order valence-corrected chi connectivity index (χ4v) is 4.01. The van der Waals surface area contributed by atoms with Gasteiger partial charge < -0.3 is 4.57 Å². The first-order valence-corrected chi connectivity index (χ1v) is 8.31. The molecule has 3 heteroatoms. The highest BCUT2D eigenvalue weighted by Gasteiger charge is 2.44. The Morgan fingerprint density at radius 2 is 1.88 bits per heavy atom. The topological polar surface area (TPSA) is 41.6 Å². The molecule has 4 rings (SSSR count). The number of nitrogens with zero attached hydrogens (tertiary/aromatic N) is 3. The summed E-state index contributed by atoms with van der Waals surface area (Å²) >= 11 is 0. The van der Waals surface area contributed by atoms with Gasteiger partial charge in [0.1, 0.15) is 5.82 Å². The van der Waals surface area contributed by atoms with Crippen LogP contribution in [0.3, 0.4) is 0 Å². The van der Waals surface area contributed by atoms with Gasteiger partial charge in [-0.2, -0.15) is 5.26 Å². The second-order valence-electron chi connectivity index (χ2n) is 6.81. The molecule has 0 spiro atoms. The van der Waals surface area contributed by atoms with Crippen LogP contribution < -0.4 is 0 Å². The fraction of sp³-hybridized carbons (Fsp3) is 0.238. The maximum atomic E-state index is 9.12. The van der Waals surface area contributed by atoms with E-state index in [0.29, 0.717) is 11.5 Å². The van der Waals surface area contributed by atoms with Crippen LogP contribution in [0.15, 0.2) is 60.9 Å². The van der Waals surface area contributed by atoms with Crippen molar-refractivity contribution in [3.05, 3.63) is 77.6 Å².